The van der Waals surface area contributed by atoms with Crippen molar-refractivity contribution in [2.45, 2.75) is 31.8 Å². The van der Waals surface area contributed by atoms with Gasteiger partial charge >= 0.3 is 0 Å². The lowest BCUT2D eigenvalue weighted by Gasteiger charge is -2.32. The van der Waals surface area contributed by atoms with E-state index in [-0.39, 0.29) is 17.9 Å². The molecule has 1 aliphatic heterocycles. The van der Waals surface area contributed by atoms with Gasteiger partial charge < -0.3 is 15.0 Å². The smallest absolute Gasteiger partial charge is 0.273 e. The number of amides is 2. The number of para-hydroxylation sites is 1. The van der Waals surface area contributed by atoms with Crippen molar-refractivity contribution in [3.8, 4) is 5.75 Å². The molecular formula is C24H27N5O3. The summed E-state index contributed by atoms with van der Waals surface area (Å²) in [6.07, 6.45) is 3.39. The van der Waals surface area contributed by atoms with E-state index in [1.807, 2.05) is 59.5 Å². The third-order valence-electron chi connectivity index (χ3n) is 5.68. The van der Waals surface area contributed by atoms with Crippen molar-refractivity contribution in [3.63, 3.8) is 0 Å². The van der Waals surface area contributed by atoms with Crippen LogP contribution in [0.1, 0.15) is 34.5 Å². The fraction of sp³-hybridized carbons (Fsp3) is 0.333. The predicted molar refractivity (Wildman–Crippen MR) is 119 cm³/mol. The van der Waals surface area contributed by atoms with Gasteiger partial charge in [0, 0.05) is 24.7 Å². The molecule has 1 fully saturated rings. The number of hydrogen-bond donors (Lipinski definition) is 1. The van der Waals surface area contributed by atoms with Gasteiger partial charge in [0.15, 0.2) is 5.69 Å². The van der Waals surface area contributed by atoms with E-state index < -0.39 is 0 Å². The fourth-order valence-electron chi connectivity index (χ4n) is 3.91. The van der Waals surface area contributed by atoms with E-state index in [0.717, 1.165) is 16.9 Å². The standard InChI is InChI=1S/C24H27N5O3/c1-32-22-10-6-5-9-19(22)15-23(30)28-13-11-20(12-14-28)25-24(31)21-17-29(27-26-21)16-18-7-3-2-4-8-18/h2-10,17,20H,11-16H2,1H3,(H,25,31). The van der Waals surface area contributed by atoms with Crippen molar-refractivity contribution < 1.29 is 14.3 Å². The summed E-state index contributed by atoms with van der Waals surface area (Å²) in [5, 5.41) is 11.1. The van der Waals surface area contributed by atoms with Gasteiger partial charge in [0.05, 0.1) is 26.3 Å². The first-order chi connectivity index (χ1) is 15.6. The molecule has 2 amide bonds. The lowest BCUT2D eigenvalue weighted by molar-refractivity contribution is -0.131. The summed E-state index contributed by atoms with van der Waals surface area (Å²) in [4.78, 5) is 27.1. The molecule has 0 saturated carbocycles. The second-order valence-corrected chi connectivity index (χ2v) is 7.90. The maximum atomic E-state index is 12.7. The summed E-state index contributed by atoms with van der Waals surface area (Å²) in [5.74, 6) is 0.564. The summed E-state index contributed by atoms with van der Waals surface area (Å²) >= 11 is 0. The minimum Gasteiger partial charge on any atom is -0.496 e. The van der Waals surface area contributed by atoms with Crippen LogP contribution >= 0.6 is 0 Å². The molecule has 8 heteroatoms. The first-order valence-electron chi connectivity index (χ1n) is 10.8. The Hall–Kier alpha value is -3.68. The van der Waals surface area contributed by atoms with Crippen molar-refractivity contribution >= 4 is 11.8 Å². The van der Waals surface area contributed by atoms with Gasteiger partial charge in [-0.25, -0.2) is 4.68 Å². The summed E-state index contributed by atoms with van der Waals surface area (Å²) < 4.78 is 7.00. The van der Waals surface area contributed by atoms with Crippen LogP contribution in [0, 0.1) is 0 Å². The molecule has 3 aromatic rings. The average Bonchev–Trinajstić information content (AvgIpc) is 3.29. The average molecular weight is 434 g/mol. The van der Waals surface area contributed by atoms with Gasteiger partial charge in [0.2, 0.25) is 5.91 Å². The van der Waals surface area contributed by atoms with Crippen molar-refractivity contribution in [2.75, 3.05) is 20.2 Å². The number of ether oxygens (including phenoxy) is 1. The Bertz CT molecular complexity index is 1060. The monoisotopic (exact) mass is 433 g/mol. The minimum atomic E-state index is -0.233. The van der Waals surface area contributed by atoms with Gasteiger partial charge in [-0.05, 0) is 24.5 Å². The highest BCUT2D eigenvalue weighted by molar-refractivity contribution is 5.92. The molecule has 8 nitrogen and oxygen atoms in total. The van der Waals surface area contributed by atoms with Gasteiger partial charge in [0.25, 0.3) is 5.91 Å². The summed E-state index contributed by atoms with van der Waals surface area (Å²) in [6, 6.07) is 17.5. The molecule has 0 unspecified atom stereocenters. The topological polar surface area (TPSA) is 89.4 Å². The molecule has 1 saturated heterocycles. The number of hydrogen-bond acceptors (Lipinski definition) is 5. The molecule has 0 radical (unpaired) electrons. The zero-order valence-electron chi connectivity index (χ0n) is 18.1. The quantitative estimate of drug-likeness (QED) is 0.618. The molecule has 0 spiro atoms. The number of methoxy groups -OCH3 is 1. The van der Waals surface area contributed by atoms with Crippen molar-refractivity contribution in [1.82, 2.24) is 25.2 Å². The Labute approximate surface area is 187 Å². The molecule has 0 aliphatic carbocycles. The molecule has 32 heavy (non-hydrogen) atoms. The maximum absolute atomic E-state index is 12.7. The first kappa shape index (κ1) is 21.5. The third kappa shape index (κ3) is 5.32. The molecule has 166 valence electrons. The van der Waals surface area contributed by atoms with Crippen molar-refractivity contribution in [2.24, 2.45) is 0 Å². The largest absolute Gasteiger partial charge is 0.496 e. The van der Waals surface area contributed by atoms with Crippen molar-refractivity contribution in [1.29, 1.82) is 0 Å². The molecule has 2 heterocycles. The Kier molecular flexibility index (Phi) is 6.79. The van der Waals surface area contributed by atoms with E-state index in [0.29, 0.717) is 44.6 Å². The predicted octanol–water partition coefficient (Wildman–Crippen LogP) is 2.30. The maximum Gasteiger partial charge on any atom is 0.273 e. The summed E-state index contributed by atoms with van der Waals surface area (Å²) in [6.45, 7) is 1.78. The van der Waals surface area contributed by atoms with E-state index in [9.17, 15) is 9.59 Å². The van der Waals surface area contributed by atoms with Crippen LogP contribution in [0.25, 0.3) is 0 Å². The highest BCUT2D eigenvalue weighted by Crippen LogP contribution is 2.20. The number of likely N-dealkylation sites (tertiary alicyclic amines) is 1. The van der Waals surface area contributed by atoms with E-state index in [2.05, 4.69) is 15.6 Å². The molecule has 1 aromatic heterocycles. The number of nitrogens with one attached hydrogen (secondary N) is 1. The minimum absolute atomic E-state index is 0.0112. The van der Waals surface area contributed by atoms with E-state index >= 15 is 0 Å². The molecule has 2 aromatic carbocycles. The van der Waals surface area contributed by atoms with Crippen LogP contribution in [-0.2, 0) is 17.8 Å². The highest BCUT2D eigenvalue weighted by atomic mass is 16.5. The number of piperidine rings is 1. The Balaban J connectivity index is 1.26. The molecule has 1 N–H and O–H groups in total. The van der Waals surface area contributed by atoms with Crippen LogP contribution in [0.3, 0.4) is 0 Å². The second-order valence-electron chi connectivity index (χ2n) is 7.90. The SMILES string of the molecule is COc1ccccc1CC(=O)N1CCC(NC(=O)c2cn(Cc3ccccc3)nn2)CC1. The summed E-state index contributed by atoms with van der Waals surface area (Å²) in [5.41, 5.74) is 2.28. The Morgan fingerprint density at radius 1 is 1.06 bits per heavy atom. The van der Waals surface area contributed by atoms with Crippen LogP contribution in [0.4, 0.5) is 0 Å². The normalized spacial score (nSPS) is 14.2. The zero-order chi connectivity index (χ0) is 22.3. The number of carbonyl (C=O) groups is 2. The van der Waals surface area contributed by atoms with Crippen LogP contribution in [0.15, 0.2) is 60.8 Å². The summed E-state index contributed by atoms with van der Waals surface area (Å²) in [7, 11) is 1.61. The lowest BCUT2D eigenvalue weighted by atomic mass is 10.0. The number of carbonyl (C=O) groups excluding carboxylic acids is 2. The Morgan fingerprint density at radius 2 is 1.78 bits per heavy atom. The number of benzene rings is 2. The van der Waals surface area contributed by atoms with Crippen LogP contribution in [0.2, 0.25) is 0 Å². The van der Waals surface area contributed by atoms with Gasteiger partial charge in [-0.15, -0.1) is 5.10 Å². The lowest BCUT2D eigenvalue weighted by Crippen LogP contribution is -2.47. The van der Waals surface area contributed by atoms with Gasteiger partial charge in [-0.1, -0.05) is 53.7 Å². The molecule has 0 bridgehead atoms. The second kappa shape index (κ2) is 10.1. The first-order valence-corrected chi connectivity index (χ1v) is 10.8. The van der Waals surface area contributed by atoms with Crippen LogP contribution in [0.5, 0.6) is 5.75 Å². The molecule has 4 rings (SSSR count). The number of aromatic nitrogens is 3. The zero-order valence-corrected chi connectivity index (χ0v) is 18.1. The van der Waals surface area contributed by atoms with E-state index in [1.165, 1.54) is 0 Å². The third-order valence-corrected chi connectivity index (χ3v) is 5.68. The fourth-order valence-corrected chi connectivity index (χ4v) is 3.91. The van der Waals surface area contributed by atoms with E-state index in [1.54, 1.807) is 18.0 Å². The van der Waals surface area contributed by atoms with Crippen molar-refractivity contribution in [3.05, 3.63) is 77.6 Å². The number of nitrogens with zero attached hydrogens (tertiary/aromatic N) is 4. The Morgan fingerprint density at radius 3 is 2.53 bits per heavy atom. The number of rotatable bonds is 7. The van der Waals surface area contributed by atoms with Gasteiger partial charge in [-0.3, -0.25) is 9.59 Å². The highest BCUT2D eigenvalue weighted by Gasteiger charge is 2.25. The van der Waals surface area contributed by atoms with Gasteiger partial charge in [-0.2, -0.15) is 0 Å². The van der Waals surface area contributed by atoms with E-state index in [4.69, 9.17) is 4.74 Å². The molecule has 1 aliphatic rings. The van der Waals surface area contributed by atoms with Gasteiger partial charge in [0.1, 0.15) is 5.75 Å². The van der Waals surface area contributed by atoms with Crippen LogP contribution < -0.4 is 10.1 Å². The molecular weight excluding hydrogens is 406 g/mol. The molecule has 0 atom stereocenters. The van der Waals surface area contributed by atoms with Crippen LogP contribution in [-0.4, -0.2) is 57.9 Å².